The van der Waals surface area contributed by atoms with Gasteiger partial charge in [-0.2, -0.15) is 0 Å². The molecule has 1 aromatic carbocycles. The molecule has 0 saturated heterocycles. The van der Waals surface area contributed by atoms with E-state index < -0.39 is 5.60 Å². The SMILES string of the molecule is CCOc1cccc(C(=O)NC[C@H](CC2CCCCC2)N(C)C(=O)OC(C)(C)C)c1. The normalized spacial score (nSPS) is 15.9. The number of carbonyl (C=O) groups excluding carboxylic acids is 2. The van der Waals surface area contributed by atoms with Crippen molar-refractivity contribution in [2.24, 2.45) is 5.92 Å². The molecule has 1 N–H and O–H groups in total. The van der Waals surface area contributed by atoms with E-state index in [9.17, 15) is 9.59 Å². The van der Waals surface area contributed by atoms with Gasteiger partial charge < -0.3 is 19.7 Å². The molecule has 2 amide bonds. The van der Waals surface area contributed by atoms with Crippen LogP contribution in [0.5, 0.6) is 5.75 Å². The van der Waals surface area contributed by atoms with Crippen molar-refractivity contribution in [2.45, 2.75) is 77.9 Å². The first-order chi connectivity index (χ1) is 14.2. The third-order valence-electron chi connectivity index (χ3n) is 5.46. The van der Waals surface area contributed by atoms with Crippen LogP contribution in [0.25, 0.3) is 0 Å². The molecule has 168 valence electrons. The van der Waals surface area contributed by atoms with Gasteiger partial charge in [0.15, 0.2) is 0 Å². The highest BCUT2D eigenvalue weighted by Crippen LogP contribution is 2.28. The molecule has 1 saturated carbocycles. The minimum Gasteiger partial charge on any atom is -0.494 e. The van der Waals surface area contributed by atoms with Crippen LogP contribution in [0, 0.1) is 5.92 Å². The quantitative estimate of drug-likeness (QED) is 0.643. The molecular weight excluding hydrogens is 380 g/mol. The Labute approximate surface area is 181 Å². The van der Waals surface area contributed by atoms with Crippen LogP contribution in [0.4, 0.5) is 4.79 Å². The van der Waals surface area contributed by atoms with E-state index in [1.807, 2.05) is 39.8 Å². The molecule has 6 heteroatoms. The largest absolute Gasteiger partial charge is 0.494 e. The molecule has 1 aliphatic carbocycles. The molecule has 1 fully saturated rings. The van der Waals surface area contributed by atoms with Crippen LogP contribution in [0.1, 0.15) is 76.6 Å². The van der Waals surface area contributed by atoms with Crippen LogP contribution in [-0.4, -0.2) is 48.7 Å². The Hall–Kier alpha value is -2.24. The van der Waals surface area contributed by atoms with Crippen molar-refractivity contribution in [3.05, 3.63) is 29.8 Å². The number of carbonyl (C=O) groups is 2. The number of hydrogen-bond donors (Lipinski definition) is 1. The van der Waals surface area contributed by atoms with Crippen LogP contribution >= 0.6 is 0 Å². The van der Waals surface area contributed by atoms with E-state index in [0.717, 1.165) is 6.42 Å². The number of benzene rings is 1. The van der Waals surface area contributed by atoms with Crippen LogP contribution in [0.3, 0.4) is 0 Å². The van der Waals surface area contributed by atoms with Crippen molar-refractivity contribution in [1.82, 2.24) is 10.2 Å². The maximum atomic E-state index is 12.7. The second-order valence-corrected chi connectivity index (χ2v) is 9.16. The highest BCUT2D eigenvalue weighted by Gasteiger charge is 2.28. The van der Waals surface area contributed by atoms with E-state index in [1.165, 1.54) is 32.1 Å². The van der Waals surface area contributed by atoms with Crippen molar-refractivity contribution in [2.75, 3.05) is 20.2 Å². The number of ether oxygens (including phenoxy) is 2. The average molecular weight is 419 g/mol. The van der Waals surface area contributed by atoms with Gasteiger partial charge >= 0.3 is 6.09 Å². The zero-order valence-electron chi connectivity index (χ0n) is 19.2. The van der Waals surface area contributed by atoms with Gasteiger partial charge in [0.25, 0.3) is 5.91 Å². The van der Waals surface area contributed by atoms with E-state index in [4.69, 9.17) is 9.47 Å². The van der Waals surface area contributed by atoms with E-state index >= 15 is 0 Å². The van der Waals surface area contributed by atoms with Crippen molar-refractivity contribution >= 4 is 12.0 Å². The smallest absolute Gasteiger partial charge is 0.410 e. The van der Waals surface area contributed by atoms with Gasteiger partial charge in [0.2, 0.25) is 0 Å². The minimum atomic E-state index is -0.552. The lowest BCUT2D eigenvalue weighted by Crippen LogP contribution is -2.47. The molecule has 30 heavy (non-hydrogen) atoms. The summed E-state index contributed by atoms with van der Waals surface area (Å²) in [6.07, 6.45) is 6.65. The maximum absolute atomic E-state index is 12.7. The lowest BCUT2D eigenvalue weighted by atomic mass is 9.84. The Morgan fingerprint density at radius 1 is 1.20 bits per heavy atom. The molecule has 6 nitrogen and oxygen atoms in total. The summed E-state index contributed by atoms with van der Waals surface area (Å²) in [6.45, 7) is 8.44. The topological polar surface area (TPSA) is 67.9 Å². The van der Waals surface area contributed by atoms with Crippen LogP contribution in [-0.2, 0) is 4.74 Å². The van der Waals surface area contributed by atoms with Crippen molar-refractivity contribution in [1.29, 1.82) is 0 Å². The van der Waals surface area contributed by atoms with Crippen LogP contribution < -0.4 is 10.1 Å². The predicted molar refractivity (Wildman–Crippen MR) is 119 cm³/mol. The summed E-state index contributed by atoms with van der Waals surface area (Å²) in [6, 6.07) is 7.05. The van der Waals surface area contributed by atoms with Gasteiger partial charge in [0.05, 0.1) is 12.6 Å². The van der Waals surface area contributed by atoms with Gasteiger partial charge in [-0.25, -0.2) is 4.79 Å². The molecule has 1 aromatic rings. The Kier molecular flexibility index (Phi) is 9.00. The fourth-order valence-electron chi connectivity index (χ4n) is 3.88. The molecule has 0 aromatic heterocycles. The molecule has 0 unspecified atom stereocenters. The molecule has 0 bridgehead atoms. The van der Waals surface area contributed by atoms with Crippen LogP contribution in [0.2, 0.25) is 0 Å². The number of nitrogens with zero attached hydrogens (tertiary/aromatic N) is 1. The Morgan fingerprint density at radius 3 is 2.53 bits per heavy atom. The summed E-state index contributed by atoms with van der Waals surface area (Å²) in [5.41, 5.74) is 0.00116. The molecule has 2 rings (SSSR count). The molecule has 1 aliphatic rings. The Morgan fingerprint density at radius 2 is 1.90 bits per heavy atom. The fraction of sp³-hybridized carbons (Fsp3) is 0.667. The minimum absolute atomic E-state index is 0.109. The van der Waals surface area contributed by atoms with Gasteiger partial charge in [0, 0.05) is 19.2 Å². The second kappa shape index (κ2) is 11.2. The van der Waals surface area contributed by atoms with Gasteiger partial charge in [-0.05, 0) is 58.2 Å². The molecule has 0 radical (unpaired) electrons. The van der Waals surface area contributed by atoms with E-state index in [2.05, 4.69) is 5.32 Å². The van der Waals surface area contributed by atoms with E-state index in [-0.39, 0.29) is 18.0 Å². The molecule has 0 aliphatic heterocycles. The summed E-state index contributed by atoms with van der Waals surface area (Å²) in [5.74, 6) is 1.09. The standard InChI is InChI=1S/C24H38N2O4/c1-6-29-21-14-10-13-19(16-21)22(27)25-17-20(15-18-11-8-7-9-12-18)26(5)23(28)30-24(2,3)4/h10,13-14,16,18,20H,6-9,11-12,15,17H2,1-5H3,(H,25,27)/t20-/m0/s1. The monoisotopic (exact) mass is 418 g/mol. The summed E-state index contributed by atoms with van der Waals surface area (Å²) < 4.78 is 11.1. The predicted octanol–water partition coefficient (Wildman–Crippen LogP) is 5.02. The first kappa shape index (κ1) is 24.0. The fourth-order valence-corrected chi connectivity index (χ4v) is 3.88. The molecular formula is C24H38N2O4. The summed E-state index contributed by atoms with van der Waals surface area (Å²) >= 11 is 0. The third kappa shape index (κ3) is 7.88. The number of likely N-dealkylation sites (N-methyl/N-ethyl adjacent to an activating group) is 1. The maximum Gasteiger partial charge on any atom is 0.410 e. The second-order valence-electron chi connectivity index (χ2n) is 9.16. The molecule has 0 heterocycles. The number of amides is 2. The van der Waals surface area contributed by atoms with E-state index in [0.29, 0.717) is 30.4 Å². The zero-order valence-corrected chi connectivity index (χ0v) is 19.2. The number of rotatable bonds is 8. The Balaban J connectivity index is 2.04. The first-order valence-corrected chi connectivity index (χ1v) is 11.2. The first-order valence-electron chi connectivity index (χ1n) is 11.2. The highest BCUT2D eigenvalue weighted by molar-refractivity contribution is 5.94. The van der Waals surface area contributed by atoms with Gasteiger partial charge in [-0.15, -0.1) is 0 Å². The lowest BCUT2D eigenvalue weighted by Gasteiger charge is -2.34. The number of hydrogen-bond acceptors (Lipinski definition) is 4. The Bertz CT molecular complexity index is 693. The highest BCUT2D eigenvalue weighted by atomic mass is 16.6. The van der Waals surface area contributed by atoms with Crippen molar-refractivity contribution < 1.29 is 19.1 Å². The lowest BCUT2D eigenvalue weighted by molar-refractivity contribution is 0.0193. The van der Waals surface area contributed by atoms with Crippen molar-refractivity contribution in [3.8, 4) is 5.75 Å². The van der Waals surface area contributed by atoms with Gasteiger partial charge in [-0.1, -0.05) is 38.2 Å². The number of nitrogens with one attached hydrogen (secondary N) is 1. The molecule has 0 spiro atoms. The average Bonchev–Trinajstić information content (AvgIpc) is 2.70. The van der Waals surface area contributed by atoms with Gasteiger partial charge in [-0.3, -0.25) is 4.79 Å². The molecule has 1 atom stereocenters. The third-order valence-corrected chi connectivity index (χ3v) is 5.46. The van der Waals surface area contributed by atoms with Gasteiger partial charge in [0.1, 0.15) is 11.4 Å². The zero-order chi connectivity index (χ0) is 22.1. The van der Waals surface area contributed by atoms with Crippen LogP contribution in [0.15, 0.2) is 24.3 Å². The summed E-state index contributed by atoms with van der Waals surface area (Å²) in [5, 5.41) is 3.01. The van der Waals surface area contributed by atoms with E-state index in [1.54, 1.807) is 24.1 Å². The summed E-state index contributed by atoms with van der Waals surface area (Å²) in [7, 11) is 1.77. The summed E-state index contributed by atoms with van der Waals surface area (Å²) in [4.78, 5) is 27.0. The van der Waals surface area contributed by atoms with Crippen molar-refractivity contribution in [3.63, 3.8) is 0 Å².